The average molecular weight is 491 g/mol. The molecule has 2 aliphatic rings. The minimum Gasteiger partial charge on any atom is -0.489 e. The van der Waals surface area contributed by atoms with Gasteiger partial charge in [0.2, 0.25) is 5.95 Å². The summed E-state index contributed by atoms with van der Waals surface area (Å²) in [6, 6.07) is 11.9. The first-order chi connectivity index (χ1) is 16.8. The highest BCUT2D eigenvalue weighted by Gasteiger charge is 2.36. The van der Waals surface area contributed by atoms with Gasteiger partial charge in [0.25, 0.3) is 0 Å². The minimum absolute atomic E-state index is 0.0214. The van der Waals surface area contributed by atoms with Crippen LogP contribution in [0.2, 0.25) is 5.02 Å². The lowest BCUT2D eigenvalue weighted by Gasteiger charge is -2.31. The second kappa shape index (κ2) is 9.00. The Labute approximate surface area is 209 Å². The molecule has 2 aliphatic heterocycles. The summed E-state index contributed by atoms with van der Waals surface area (Å²) in [7, 11) is 4.08. The first-order valence-corrected chi connectivity index (χ1v) is 11.8. The third-order valence-electron chi connectivity index (χ3n) is 6.85. The van der Waals surface area contributed by atoms with E-state index < -0.39 is 5.41 Å². The van der Waals surface area contributed by atoms with Crippen LogP contribution in [0.15, 0.2) is 36.5 Å². The fourth-order valence-corrected chi connectivity index (χ4v) is 4.89. The SMILES string of the molecule is CN(C)C1COc2c(cc(Cl)cc2Nc2nccc(-c3cc(C#N)c4c(c3)[C@@](C)(CO)CN4)n2)C1. The van der Waals surface area contributed by atoms with Crippen molar-refractivity contribution in [1.82, 2.24) is 14.9 Å². The topological polar surface area (TPSA) is 106 Å². The summed E-state index contributed by atoms with van der Waals surface area (Å²) in [6.07, 6.45) is 2.51. The van der Waals surface area contributed by atoms with E-state index in [1.807, 2.05) is 45.3 Å². The number of fused-ring (bicyclic) bond motifs is 2. The standard InChI is InChI=1S/C26H27ClN6O2/c1-26(14-34)13-30-23-17(11-28)6-15(9-20(23)26)21-4-5-29-25(31-21)32-22-10-18(27)7-16-8-19(33(2)3)12-35-24(16)22/h4-7,9-10,19,30,34H,8,12-14H2,1-3H3,(H,29,31,32)/t19?,26-/m1/s1. The summed E-state index contributed by atoms with van der Waals surface area (Å²) < 4.78 is 6.10. The number of aliphatic hydroxyl groups is 1. The number of ether oxygens (including phenoxy) is 1. The molecule has 3 heterocycles. The number of likely N-dealkylation sites (N-methyl/N-ethyl adjacent to an activating group) is 1. The fourth-order valence-electron chi connectivity index (χ4n) is 4.65. The number of rotatable bonds is 5. The molecule has 180 valence electrons. The van der Waals surface area contributed by atoms with Crippen molar-refractivity contribution in [2.75, 3.05) is 44.5 Å². The molecule has 0 saturated heterocycles. The zero-order valence-electron chi connectivity index (χ0n) is 19.9. The van der Waals surface area contributed by atoms with E-state index >= 15 is 0 Å². The van der Waals surface area contributed by atoms with Gasteiger partial charge in [0.15, 0.2) is 0 Å². The highest BCUT2D eigenvalue weighted by Crippen LogP contribution is 2.41. The highest BCUT2D eigenvalue weighted by molar-refractivity contribution is 6.31. The van der Waals surface area contributed by atoms with E-state index in [-0.39, 0.29) is 12.6 Å². The van der Waals surface area contributed by atoms with Crippen LogP contribution in [0.5, 0.6) is 5.75 Å². The molecular formula is C26H27ClN6O2. The Kier molecular flexibility index (Phi) is 6.01. The second-order valence-corrected chi connectivity index (χ2v) is 10.0. The van der Waals surface area contributed by atoms with E-state index in [4.69, 9.17) is 21.3 Å². The van der Waals surface area contributed by atoms with Crippen molar-refractivity contribution in [2.24, 2.45) is 0 Å². The number of hydrogen-bond acceptors (Lipinski definition) is 8. The molecule has 9 heteroatoms. The number of aliphatic hydroxyl groups excluding tert-OH is 1. The molecule has 0 aliphatic carbocycles. The van der Waals surface area contributed by atoms with Crippen LogP contribution in [-0.4, -0.2) is 59.9 Å². The molecule has 8 nitrogen and oxygen atoms in total. The Hall–Kier alpha value is -3.38. The zero-order valence-corrected chi connectivity index (χ0v) is 20.6. The van der Waals surface area contributed by atoms with Crippen molar-refractivity contribution in [3.8, 4) is 23.1 Å². The molecule has 0 fully saturated rings. The number of aromatic nitrogens is 2. The number of nitrogens with one attached hydrogen (secondary N) is 2. The maximum absolute atomic E-state index is 9.99. The van der Waals surface area contributed by atoms with E-state index in [2.05, 4.69) is 26.6 Å². The largest absolute Gasteiger partial charge is 0.489 e. The molecule has 1 unspecified atom stereocenters. The number of hydrogen-bond donors (Lipinski definition) is 3. The van der Waals surface area contributed by atoms with Gasteiger partial charge in [-0.3, -0.25) is 0 Å². The number of benzene rings is 2. The summed E-state index contributed by atoms with van der Waals surface area (Å²) in [6.45, 7) is 3.11. The molecule has 5 rings (SSSR count). The first kappa shape index (κ1) is 23.4. The van der Waals surface area contributed by atoms with E-state index in [0.717, 1.165) is 34.5 Å². The molecular weight excluding hydrogens is 464 g/mol. The zero-order chi connectivity index (χ0) is 24.7. The monoisotopic (exact) mass is 490 g/mol. The van der Waals surface area contributed by atoms with Gasteiger partial charge in [-0.15, -0.1) is 0 Å². The third-order valence-corrected chi connectivity index (χ3v) is 7.07. The van der Waals surface area contributed by atoms with Crippen LogP contribution in [0, 0.1) is 11.3 Å². The first-order valence-electron chi connectivity index (χ1n) is 11.5. The number of anilines is 3. The molecule has 0 bridgehead atoms. The van der Waals surface area contributed by atoms with E-state index in [9.17, 15) is 10.4 Å². The van der Waals surface area contributed by atoms with Gasteiger partial charge in [-0.25, -0.2) is 9.97 Å². The lowest BCUT2D eigenvalue weighted by Crippen LogP contribution is -2.38. The van der Waals surface area contributed by atoms with Crippen molar-refractivity contribution < 1.29 is 9.84 Å². The number of nitriles is 1. The van der Waals surface area contributed by atoms with Crippen LogP contribution in [-0.2, 0) is 11.8 Å². The second-order valence-electron chi connectivity index (χ2n) is 9.60. The lowest BCUT2D eigenvalue weighted by molar-refractivity contribution is 0.166. The molecule has 2 atom stereocenters. The van der Waals surface area contributed by atoms with Crippen molar-refractivity contribution in [2.45, 2.75) is 24.8 Å². The molecule has 0 spiro atoms. The van der Waals surface area contributed by atoms with Crippen molar-refractivity contribution >= 4 is 28.9 Å². The summed E-state index contributed by atoms with van der Waals surface area (Å²) >= 11 is 6.42. The predicted octanol–water partition coefficient (Wildman–Crippen LogP) is 3.95. The number of halogens is 1. The highest BCUT2D eigenvalue weighted by atomic mass is 35.5. The summed E-state index contributed by atoms with van der Waals surface area (Å²) in [4.78, 5) is 11.3. The van der Waals surface area contributed by atoms with Crippen LogP contribution < -0.4 is 15.4 Å². The smallest absolute Gasteiger partial charge is 0.227 e. The Balaban J connectivity index is 1.49. The molecule has 2 aromatic carbocycles. The molecule has 3 aromatic rings. The maximum atomic E-state index is 9.99. The molecule has 0 radical (unpaired) electrons. The van der Waals surface area contributed by atoms with Crippen LogP contribution in [0.4, 0.5) is 17.3 Å². The maximum Gasteiger partial charge on any atom is 0.227 e. The van der Waals surface area contributed by atoms with Gasteiger partial charge in [0, 0.05) is 34.8 Å². The normalized spacial score (nSPS) is 20.4. The molecule has 0 saturated carbocycles. The van der Waals surface area contributed by atoms with Crippen molar-refractivity contribution in [3.05, 3.63) is 58.2 Å². The van der Waals surface area contributed by atoms with E-state index in [1.165, 1.54) is 0 Å². The quantitative estimate of drug-likeness (QED) is 0.493. The Bertz CT molecular complexity index is 1340. The van der Waals surface area contributed by atoms with Gasteiger partial charge in [-0.05, 0) is 62.0 Å². The third kappa shape index (κ3) is 4.27. The molecule has 3 N–H and O–H groups in total. The van der Waals surface area contributed by atoms with Gasteiger partial charge in [0.1, 0.15) is 18.4 Å². The van der Waals surface area contributed by atoms with Gasteiger partial charge < -0.3 is 25.4 Å². The Morgan fingerprint density at radius 1 is 1.34 bits per heavy atom. The van der Waals surface area contributed by atoms with E-state index in [1.54, 1.807) is 12.3 Å². The minimum atomic E-state index is -0.466. The Morgan fingerprint density at radius 3 is 2.91 bits per heavy atom. The molecule has 1 aromatic heterocycles. The number of nitrogens with zero attached hydrogens (tertiary/aromatic N) is 4. The van der Waals surface area contributed by atoms with Gasteiger partial charge >= 0.3 is 0 Å². The summed E-state index contributed by atoms with van der Waals surface area (Å²) in [5, 5.41) is 26.9. The van der Waals surface area contributed by atoms with Crippen LogP contribution in [0.3, 0.4) is 0 Å². The van der Waals surface area contributed by atoms with E-state index in [0.29, 0.717) is 41.1 Å². The summed E-state index contributed by atoms with van der Waals surface area (Å²) in [5.41, 5.74) is 4.95. The van der Waals surface area contributed by atoms with Crippen molar-refractivity contribution in [1.29, 1.82) is 5.26 Å². The van der Waals surface area contributed by atoms with Crippen LogP contribution in [0.25, 0.3) is 11.3 Å². The van der Waals surface area contributed by atoms with Crippen LogP contribution in [0.1, 0.15) is 23.6 Å². The predicted molar refractivity (Wildman–Crippen MR) is 137 cm³/mol. The van der Waals surface area contributed by atoms with Crippen molar-refractivity contribution in [3.63, 3.8) is 0 Å². The fraction of sp³-hybridized carbons (Fsp3) is 0.346. The van der Waals surface area contributed by atoms with Crippen LogP contribution >= 0.6 is 11.6 Å². The van der Waals surface area contributed by atoms with Gasteiger partial charge in [0.05, 0.1) is 29.2 Å². The summed E-state index contributed by atoms with van der Waals surface area (Å²) in [5.74, 6) is 1.16. The van der Waals surface area contributed by atoms with Gasteiger partial charge in [-0.1, -0.05) is 18.5 Å². The lowest BCUT2D eigenvalue weighted by atomic mass is 9.83. The average Bonchev–Trinajstić information content (AvgIpc) is 3.20. The molecule has 0 amide bonds. The molecule has 35 heavy (non-hydrogen) atoms. The Morgan fingerprint density at radius 2 is 2.17 bits per heavy atom. The van der Waals surface area contributed by atoms with Gasteiger partial charge in [-0.2, -0.15) is 5.26 Å².